The monoisotopic (exact) mass is 421 g/mol. The number of fused-ring (bicyclic) bond motifs is 1. The van der Waals surface area contributed by atoms with Crippen molar-refractivity contribution < 1.29 is 19.1 Å². The second-order valence-corrected chi connectivity index (χ2v) is 8.11. The van der Waals surface area contributed by atoms with E-state index in [4.69, 9.17) is 9.47 Å². The van der Waals surface area contributed by atoms with E-state index in [0.29, 0.717) is 24.2 Å². The number of nitrogens with zero attached hydrogens (tertiary/aromatic N) is 2. The lowest BCUT2D eigenvalue weighted by molar-refractivity contribution is -0.149. The van der Waals surface area contributed by atoms with Gasteiger partial charge in [-0.05, 0) is 49.6 Å². The van der Waals surface area contributed by atoms with Gasteiger partial charge >= 0.3 is 5.97 Å². The number of ether oxygens (including phenoxy) is 2. The van der Waals surface area contributed by atoms with Crippen molar-refractivity contribution in [1.82, 2.24) is 14.7 Å². The molecule has 0 spiro atoms. The third-order valence-electron chi connectivity index (χ3n) is 5.77. The number of carbonyl (C=O) groups is 2. The second-order valence-electron chi connectivity index (χ2n) is 8.11. The third-order valence-corrected chi connectivity index (χ3v) is 5.77. The Kier molecular flexibility index (Phi) is 5.93. The number of hydrogen-bond donors (Lipinski definition) is 1. The van der Waals surface area contributed by atoms with Crippen LogP contribution in [-0.4, -0.2) is 33.9 Å². The van der Waals surface area contributed by atoms with Crippen LogP contribution in [0.4, 0.5) is 0 Å². The Morgan fingerprint density at radius 2 is 1.94 bits per heavy atom. The molecule has 1 N–H and O–H groups in total. The normalized spacial score (nSPS) is 15.4. The van der Waals surface area contributed by atoms with Crippen LogP contribution in [0.25, 0.3) is 5.65 Å². The van der Waals surface area contributed by atoms with Crippen LogP contribution >= 0.6 is 0 Å². The summed E-state index contributed by atoms with van der Waals surface area (Å²) >= 11 is 0. The third kappa shape index (κ3) is 4.55. The fourth-order valence-electron chi connectivity index (χ4n) is 4.13. The smallest absolute Gasteiger partial charge is 0.331 e. The summed E-state index contributed by atoms with van der Waals surface area (Å²) in [5.41, 5.74) is 2.30. The van der Waals surface area contributed by atoms with Crippen LogP contribution in [0.1, 0.15) is 53.7 Å². The van der Waals surface area contributed by atoms with Crippen molar-refractivity contribution in [2.24, 2.45) is 0 Å². The van der Waals surface area contributed by atoms with Crippen LogP contribution < -0.4 is 10.1 Å². The molecule has 1 amide bonds. The number of benzene rings is 1. The van der Waals surface area contributed by atoms with Crippen molar-refractivity contribution in [3.63, 3.8) is 0 Å². The first-order valence-electron chi connectivity index (χ1n) is 10.6. The maximum absolute atomic E-state index is 12.9. The van der Waals surface area contributed by atoms with Crippen LogP contribution in [0.2, 0.25) is 0 Å². The molecule has 1 aliphatic carbocycles. The lowest BCUT2D eigenvalue weighted by Gasteiger charge is -2.35. The summed E-state index contributed by atoms with van der Waals surface area (Å²) in [6.07, 6.45) is 7.96. The van der Waals surface area contributed by atoms with E-state index in [1.165, 1.54) is 7.11 Å². The van der Waals surface area contributed by atoms with Crippen LogP contribution in [0.3, 0.4) is 0 Å². The highest BCUT2D eigenvalue weighted by atomic mass is 16.5. The van der Waals surface area contributed by atoms with Crippen LogP contribution in [-0.2, 0) is 16.1 Å². The second kappa shape index (κ2) is 8.79. The maximum Gasteiger partial charge on any atom is 0.331 e. The van der Waals surface area contributed by atoms with E-state index in [0.717, 1.165) is 36.2 Å². The van der Waals surface area contributed by atoms with Gasteiger partial charge in [-0.3, -0.25) is 4.79 Å². The SMILES string of the molecule is COC(=O)C1(NC(=O)c2cccc(OCc3cn4cc(C)ccc4n3)c2)CCCCC1. The van der Waals surface area contributed by atoms with Crippen molar-refractivity contribution in [2.75, 3.05) is 7.11 Å². The predicted octanol–water partition coefficient (Wildman–Crippen LogP) is 3.83. The molecule has 2 aromatic heterocycles. The van der Waals surface area contributed by atoms with Crippen LogP contribution in [0, 0.1) is 6.92 Å². The summed E-state index contributed by atoms with van der Waals surface area (Å²) in [5.74, 6) is -0.118. The van der Waals surface area contributed by atoms with E-state index < -0.39 is 5.54 Å². The number of rotatable bonds is 6. The van der Waals surface area contributed by atoms with Gasteiger partial charge in [-0.2, -0.15) is 0 Å². The number of amides is 1. The molecule has 3 aromatic rings. The minimum atomic E-state index is -0.949. The molecule has 1 saturated carbocycles. The number of imidazole rings is 1. The van der Waals surface area contributed by atoms with Gasteiger partial charge < -0.3 is 19.2 Å². The van der Waals surface area contributed by atoms with Gasteiger partial charge in [0.25, 0.3) is 5.91 Å². The van der Waals surface area contributed by atoms with E-state index in [1.54, 1.807) is 24.3 Å². The minimum absolute atomic E-state index is 0.290. The number of aromatic nitrogens is 2. The summed E-state index contributed by atoms with van der Waals surface area (Å²) in [7, 11) is 1.36. The van der Waals surface area contributed by atoms with E-state index >= 15 is 0 Å². The van der Waals surface area contributed by atoms with Gasteiger partial charge in [0, 0.05) is 18.0 Å². The van der Waals surface area contributed by atoms with Crippen molar-refractivity contribution >= 4 is 17.5 Å². The van der Waals surface area contributed by atoms with Gasteiger partial charge in [0.2, 0.25) is 0 Å². The number of aryl methyl sites for hydroxylation is 1. The molecular weight excluding hydrogens is 394 g/mol. The average Bonchev–Trinajstić information content (AvgIpc) is 3.20. The van der Waals surface area contributed by atoms with E-state index in [-0.39, 0.29) is 18.5 Å². The molecular formula is C24H27N3O4. The van der Waals surface area contributed by atoms with Crippen molar-refractivity contribution in [1.29, 1.82) is 0 Å². The van der Waals surface area contributed by atoms with Crippen molar-refractivity contribution in [3.8, 4) is 5.75 Å². The Balaban J connectivity index is 1.45. The molecule has 1 aliphatic rings. The van der Waals surface area contributed by atoms with Gasteiger partial charge in [-0.1, -0.05) is 31.4 Å². The van der Waals surface area contributed by atoms with E-state index in [9.17, 15) is 9.59 Å². The Labute approximate surface area is 181 Å². The summed E-state index contributed by atoms with van der Waals surface area (Å²) in [6, 6.07) is 10.9. The van der Waals surface area contributed by atoms with Crippen molar-refractivity contribution in [2.45, 2.75) is 51.2 Å². The van der Waals surface area contributed by atoms with Crippen LogP contribution in [0.15, 0.2) is 48.8 Å². The summed E-state index contributed by atoms with van der Waals surface area (Å²) in [4.78, 5) is 29.9. The van der Waals surface area contributed by atoms with Gasteiger partial charge in [0.05, 0.1) is 12.8 Å². The zero-order chi connectivity index (χ0) is 21.8. The minimum Gasteiger partial charge on any atom is -0.487 e. The highest BCUT2D eigenvalue weighted by Gasteiger charge is 2.42. The summed E-state index contributed by atoms with van der Waals surface area (Å²) in [6.45, 7) is 2.32. The molecule has 0 atom stereocenters. The van der Waals surface area contributed by atoms with Gasteiger partial charge in [0.1, 0.15) is 23.5 Å². The molecule has 0 bridgehead atoms. The lowest BCUT2D eigenvalue weighted by Crippen LogP contribution is -2.56. The molecule has 0 saturated heterocycles. The van der Waals surface area contributed by atoms with E-state index in [1.807, 2.05) is 35.9 Å². The number of nitrogens with one attached hydrogen (secondary N) is 1. The molecule has 2 heterocycles. The molecule has 0 aliphatic heterocycles. The molecule has 7 nitrogen and oxygen atoms in total. The fourth-order valence-corrected chi connectivity index (χ4v) is 4.13. The number of pyridine rings is 1. The molecule has 31 heavy (non-hydrogen) atoms. The summed E-state index contributed by atoms with van der Waals surface area (Å²) < 4.78 is 12.8. The first kappa shape index (κ1) is 20.9. The van der Waals surface area contributed by atoms with Crippen LogP contribution in [0.5, 0.6) is 5.75 Å². The molecule has 0 unspecified atom stereocenters. The quantitative estimate of drug-likeness (QED) is 0.612. The molecule has 1 aromatic carbocycles. The molecule has 162 valence electrons. The van der Waals surface area contributed by atoms with Gasteiger partial charge in [-0.25, -0.2) is 9.78 Å². The topological polar surface area (TPSA) is 81.9 Å². The fraction of sp³-hybridized carbons (Fsp3) is 0.375. The van der Waals surface area contributed by atoms with E-state index in [2.05, 4.69) is 10.3 Å². The Hall–Kier alpha value is -3.35. The van der Waals surface area contributed by atoms with Gasteiger partial charge in [0.15, 0.2) is 0 Å². The molecule has 1 fully saturated rings. The molecule has 4 rings (SSSR count). The zero-order valence-corrected chi connectivity index (χ0v) is 17.9. The lowest BCUT2D eigenvalue weighted by atomic mass is 9.81. The molecule has 0 radical (unpaired) electrons. The highest BCUT2D eigenvalue weighted by molar-refractivity contribution is 5.98. The summed E-state index contributed by atoms with van der Waals surface area (Å²) in [5, 5.41) is 2.94. The van der Waals surface area contributed by atoms with Gasteiger partial charge in [-0.15, -0.1) is 0 Å². The maximum atomic E-state index is 12.9. The Morgan fingerprint density at radius 3 is 2.71 bits per heavy atom. The average molecular weight is 421 g/mol. The largest absolute Gasteiger partial charge is 0.487 e. The molecule has 7 heteroatoms. The number of esters is 1. The number of hydrogen-bond acceptors (Lipinski definition) is 5. The number of methoxy groups -OCH3 is 1. The van der Waals surface area contributed by atoms with Crippen molar-refractivity contribution in [3.05, 3.63) is 65.6 Å². The number of carbonyl (C=O) groups excluding carboxylic acids is 2. The Morgan fingerprint density at radius 1 is 1.13 bits per heavy atom. The first-order valence-corrected chi connectivity index (χ1v) is 10.6. The zero-order valence-electron chi connectivity index (χ0n) is 17.9. The first-order chi connectivity index (χ1) is 15.0. The Bertz CT molecular complexity index is 1100. The predicted molar refractivity (Wildman–Crippen MR) is 116 cm³/mol. The standard InChI is InChI=1S/C24H27N3O4/c1-17-9-10-21-25-19(15-27(21)14-17)16-31-20-8-6-7-18(13-20)22(28)26-24(23(29)30-2)11-4-3-5-12-24/h6-10,13-15H,3-5,11-12,16H2,1-2H3,(H,26,28). The highest BCUT2D eigenvalue weighted by Crippen LogP contribution is 2.30.